The molecule has 5 nitrogen and oxygen atoms in total. The highest BCUT2D eigenvalue weighted by Crippen LogP contribution is 2.42. The number of halogens is 4. The normalized spacial score (nSPS) is 13.1. The zero-order valence-corrected chi connectivity index (χ0v) is 21.6. The van der Waals surface area contributed by atoms with Gasteiger partial charge in [0.1, 0.15) is 11.4 Å². The van der Waals surface area contributed by atoms with E-state index in [1.807, 2.05) is 19.0 Å². The standard InChI is InChI=1S/C28H23BrF3N3O2/c1-34(2)16-15-33-27(37)19-9-12-21(26(36)17-19)24-14-13-23(18-7-10-20(29)11-8-18)35(24)25-6-4-3-5-22(25)28(30,31)32/h3,5,7-14,17,36H,15-16H2,1-2H3,(H,33,37). The summed E-state index contributed by atoms with van der Waals surface area (Å²) in [4.78, 5) is 14.4. The second kappa shape index (κ2) is 10.7. The number of benzene rings is 2. The number of allylic oxidation sites excluding steroid dienone is 4. The van der Waals surface area contributed by atoms with Gasteiger partial charge >= 0.3 is 6.18 Å². The van der Waals surface area contributed by atoms with Crippen molar-refractivity contribution in [2.75, 3.05) is 27.2 Å². The van der Waals surface area contributed by atoms with Crippen LogP contribution in [0, 0.1) is 0 Å². The average molecular weight is 570 g/mol. The first-order valence-corrected chi connectivity index (χ1v) is 12.1. The van der Waals surface area contributed by atoms with Crippen LogP contribution in [0.4, 0.5) is 13.2 Å². The fourth-order valence-electron chi connectivity index (χ4n) is 3.90. The summed E-state index contributed by atoms with van der Waals surface area (Å²) in [6.07, 6.45) is -2.53. The fourth-order valence-corrected chi connectivity index (χ4v) is 4.17. The molecule has 0 aliphatic heterocycles. The van der Waals surface area contributed by atoms with E-state index in [0.29, 0.717) is 30.0 Å². The Morgan fingerprint density at radius 1 is 1.08 bits per heavy atom. The number of aromatic nitrogens is 1. The van der Waals surface area contributed by atoms with Crippen molar-refractivity contribution in [3.8, 4) is 28.3 Å². The predicted octanol–water partition coefficient (Wildman–Crippen LogP) is 6.24. The summed E-state index contributed by atoms with van der Waals surface area (Å²) in [7, 11) is 3.77. The maximum atomic E-state index is 14.0. The molecule has 0 fully saturated rings. The second-order valence-electron chi connectivity index (χ2n) is 8.60. The third-order valence-electron chi connectivity index (χ3n) is 5.71. The van der Waals surface area contributed by atoms with E-state index in [1.165, 1.54) is 22.8 Å². The van der Waals surface area contributed by atoms with E-state index in [2.05, 4.69) is 32.7 Å². The zero-order valence-electron chi connectivity index (χ0n) is 20.0. The summed E-state index contributed by atoms with van der Waals surface area (Å²) in [5, 5.41) is 13.6. The lowest BCUT2D eigenvalue weighted by Gasteiger charge is -2.21. The van der Waals surface area contributed by atoms with E-state index >= 15 is 0 Å². The van der Waals surface area contributed by atoms with Gasteiger partial charge in [0.2, 0.25) is 0 Å². The Morgan fingerprint density at radius 2 is 1.78 bits per heavy atom. The minimum Gasteiger partial charge on any atom is -0.507 e. The molecule has 3 aromatic rings. The van der Waals surface area contributed by atoms with Gasteiger partial charge in [0.15, 0.2) is 0 Å². The first kappa shape index (κ1) is 26.3. The van der Waals surface area contributed by atoms with Crippen molar-refractivity contribution >= 4 is 27.5 Å². The smallest absolute Gasteiger partial charge is 0.419 e. The van der Waals surface area contributed by atoms with Crippen LogP contribution in [0.2, 0.25) is 0 Å². The molecule has 0 bridgehead atoms. The second-order valence-corrected chi connectivity index (χ2v) is 9.52. The third-order valence-corrected chi connectivity index (χ3v) is 6.24. The SMILES string of the molecule is CN(C)CCNC(=O)c1ccc(-c2ccc(-c3ccc(Br)cc3)n2C2=C=C=CC=C2C(F)(F)F)c(O)c1. The number of phenols is 1. The number of aromatic hydroxyl groups is 1. The van der Waals surface area contributed by atoms with Gasteiger partial charge in [0, 0.05) is 28.7 Å². The van der Waals surface area contributed by atoms with E-state index in [4.69, 9.17) is 0 Å². The van der Waals surface area contributed by atoms with Crippen LogP contribution < -0.4 is 5.32 Å². The van der Waals surface area contributed by atoms with Gasteiger partial charge in [-0.25, -0.2) is 0 Å². The molecule has 4 rings (SSSR count). The molecule has 2 N–H and O–H groups in total. The number of hydrogen-bond donors (Lipinski definition) is 2. The summed E-state index contributed by atoms with van der Waals surface area (Å²) in [5.41, 5.74) is 6.03. The van der Waals surface area contributed by atoms with Crippen molar-refractivity contribution in [3.63, 3.8) is 0 Å². The van der Waals surface area contributed by atoms with Gasteiger partial charge in [0.25, 0.3) is 5.91 Å². The van der Waals surface area contributed by atoms with Gasteiger partial charge in [-0.2, -0.15) is 13.2 Å². The number of alkyl halides is 3. The molecule has 0 radical (unpaired) electrons. The van der Waals surface area contributed by atoms with Crippen molar-refractivity contribution < 1.29 is 23.1 Å². The Morgan fingerprint density at radius 3 is 2.43 bits per heavy atom. The largest absolute Gasteiger partial charge is 0.507 e. The topological polar surface area (TPSA) is 57.5 Å². The van der Waals surface area contributed by atoms with E-state index in [0.717, 1.165) is 16.6 Å². The molecular weight excluding hydrogens is 547 g/mol. The Hall–Kier alpha value is -3.74. The van der Waals surface area contributed by atoms with Crippen molar-refractivity contribution in [2.45, 2.75) is 6.18 Å². The quantitative estimate of drug-likeness (QED) is 0.331. The molecule has 0 saturated carbocycles. The number of carbonyl (C=O) groups is 1. The minimum atomic E-state index is -4.64. The van der Waals surface area contributed by atoms with Gasteiger partial charge in [0.05, 0.1) is 17.0 Å². The van der Waals surface area contributed by atoms with Crippen LogP contribution in [-0.4, -0.2) is 53.8 Å². The number of hydrogen-bond acceptors (Lipinski definition) is 3. The van der Waals surface area contributed by atoms with Crippen LogP contribution in [0.5, 0.6) is 5.75 Å². The summed E-state index contributed by atoms with van der Waals surface area (Å²) in [5.74, 6) is -0.601. The number of carbonyl (C=O) groups excluding carboxylic acids is 1. The average Bonchev–Trinajstić information content (AvgIpc) is 3.28. The van der Waals surface area contributed by atoms with Gasteiger partial charge in [-0.1, -0.05) is 33.8 Å². The van der Waals surface area contributed by atoms with Gasteiger partial charge in [-0.3, -0.25) is 4.79 Å². The van der Waals surface area contributed by atoms with Crippen molar-refractivity contribution in [3.05, 3.63) is 93.8 Å². The molecule has 37 heavy (non-hydrogen) atoms. The highest BCUT2D eigenvalue weighted by atomic mass is 79.9. The maximum Gasteiger partial charge on any atom is 0.419 e. The molecule has 0 unspecified atom stereocenters. The summed E-state index contributed by atoms with van der Waals surface area (Å²) in [6, 6.07) is 14.8. The molecule has 1 aromatic heterocycles. The lowest BCUT2D eigenvalue weighted by Crippen LogP contribution is -2.31. The molecule has 2 aromatic carbocycles. The Bertz CT molecular complexity index is 1470. The Kier molecular flexibility index (Phi) is 7.62. The number of rotatable bonds is 7. The Balaban J connectivity index is 1.82. The predicted molar refractivity (Wildman–Crippen MR) is 141 cm³/mol. The van der Waals surface area contributed by atoms with Crippen LogP contribution in [-0.2, 0) is 0 Å². The van der Waals surface area contributed by atoms with Crippen molar-refractivity contribution in [2.24, 2.45) is 0 Å². The molecule has 1 aliphatic carbocycles. The number of nitrogens with one attached hydrogen (secondary N) is 1. The van der Waals surface area contributed by atoms with Crippen LogP contribution in [0.25, 0.3) is 28.2 Å². The lowest BCUT2D eigenvalue weighted by molar-refractivity contribution is -0.0875. The molecular formula is C28H23BrF3N3O2. The lowest BCUT2D eigenvalue weighted by atomic mass is 10.0. The third kappa shape index (κ3) is 5.82. The highest BCUT2D eigenvalue weighted by molar-refractivity contribution is 9.10. The van der Waals surface area contributed by atoms with Gasteiger partial charge in [-0.15, -0.1) is 0 Å². The van der Waals surface area contributed by atoms with Crippen LogP contribution in [0.15, 0.2) is 88.3 Å². The highest BCUT2D eigenvalue weighted by Gasteiger charge is 2.38. The molecule has 1 amide bonds. The minimum absolute atomic E-state index is 0.238. The monoisotopic (exact) mass is 569 g/mol. The van der Waals surface area contributed by atoms with Gasteiger partial charge < -0.3 is 19.9 Å². The van der Waals surface area contributed by atoms with E-state index in [1.54, 1.807) is 36.4 Å². The molecule has 0 spiro atoms. The van der Waals surface area contributed by atoms with Gasteiger partial charge in [-0.05, 0) is 80.0 Å². The number of nitrogens with zero attached hydrogens (tertiary/aromatic N) is 2. The molecule has 0 atom stereocenters. The van der Waals surface area contributed by atoms with Crippen LogP contribution in [0.1, 0.15) is 10.4 Å². The van der Waals surface area contributed by atoms with Crippen molar-refractivity contribution in [1.82, 2.24) is 14.8 Å². The van der Waals surface area contributed by atoms with E-state index in [-0.39, 0.29) is 28.5 Å². The number of likely N-dealkylation sites (N-methyl/N-ethyl adjacent to an activating group) is 1. The molecule has 0 saturated heterocycles. The zero-order chi connectivity index (χ0) is 26.7. The molecule has 190 valence electrons. The Labute approximate surface area is 220 Å². The maximum absolute atomic E-state index is 14.0. The molecule has 1 heterocycles. The van der Waals surface area contributed by atoms with Crippen LogP contribution >= 0.6 is 15.9 Å². The summed E-state index contributed by atoms with van der Waals surface area (Å²) < 4.78 is 44.2. The number of phenolic OH excluding ortho intramolecular Hbond substituents is 1. The van der Waals surface area contributed by atoms with Crippen molar-refractivity contribution in [1.29, 1.82) is 0 Å². The number of amides is 1. The van der Waals surface area contributed by atoms with E-state index < -0.39 is 11.7 Å². The fraction of sp³-hybridized carbons (Fsp3) is 0.179. The molecule has 1 aliphatic rings. The van der Waals surface area contributed by atoms with E-state index in [9.17, 15) is 23.1 Å². The first-order valence-electron chi connectivity index (χ1n) is 11.3. The molecule has 9 heteroatoms. The first-order chi connectivity index (χ1) is 17.6. The summed E-state index contributed by atoms with van der Waals surface area (Å²) in [6.45, 7) is 1.07. The summed E-state index contributed by atoms with van der Waals surface area (Å²) >= 11 is 3.38. The van der Waals surface area contributed by atoms with Crippen LogP contribution in [0.3, 0.4) is 0 Å².